The lowest BCUT2D eigenvalue weighted by atomic mass is 10.3. The highest BCUT2D eigenvalue weighted by atomic mass is 28.3. The van der Waals surface area contributed by atoms with Crippen molar-refractivity contribution >= 4 is 15.3 Å². The molecule has 0 aromatic rings. The number of hydrogen-bond acceptors (Lipinski definition) is 4. The molecule has 0 aliphatic carbocycles. The van der Waals surface area contributed by atoms with Crippen molar-refractivity contribution in [1.82, 2.24) is 0 Å². The Balaban J connectivity index is 4.86. The van der Waals surface area contributed by atoms with Crippen molar-refractivity contribution in [3.63, 3.8) is 0 Å². The third-order valence-corrected chi connectivity index (χ3v) is 3.98. The number of unbranched alkanes of at least 4 members (excludes halogenated alkanes) is 1. The summed E-state index contributed by atoms with van der Waals surface area (Å²) in [6.07, 6.45) is 3.11. The Morgan fingerprint density at radius 3 is 2.00 bits per heavy atom. The van der Waals surface area contributed by atoms with Gasteiger partial charge in [-0.3, -0.25) is 0 Å². The summed E-state index contributed by atoms with van der Waals surface area (Å²) in [5.74, 6) is -1.19. The predicted molar refractivity (Wildman–Crippen MR) is 66.2 cm³/mol. The monoisotopic (exact) mass is 258 g/mol. The second-order valence-corrected chi connectivity index (χ2v) is 5.90. The Kier molecular flexibility index (Phi) is 8.12. The minimum atomic E-state index is -1.95. The zero-order valence-electron chi connectivity index (χ0n) is 11.3. The molecule has 17 heavy (non-hydrogen) atoms. The molecule has 5 heteroatoms. The normalized spacial score (nSPS) is 12.8. The van der Waals surface area contributed by atoms with Crippen molar-refractivity contribution in [1.29, 1.82) is 0 Å². The highest BCUT2D eigenvalue weighted by molar-refractivity contribution is 6.60. The average molecular weight is 258 g/mol. The Morgan fingerprint density at radius 2 is 1.71 bits per heavy atom. The van der Waals surface area contributed by atoms with Gasteiger partial charge in [-0.1, -0.05) is 19.4 Å². The molecule has 0 saturated carbocycles. The number of carbonyl (C=O) groups excluding carboxylic acids is 1. The van der Waals surface area contributed by atoms with Crippen molar-refractivity contribution in [2.24, 2.45) is 0 Å². The number of hydrogen-bond donors (Lipinski definition) is 0. The molecule has 1 radical (unpaired) electrons. The van der Waals surface area contributed by atoms with Gasteiger partial charge < -0.3 is 18.8 Å². The van der Waals surface area contributed by atoms with Gasteiger partial charge in [0.2, 0.25) is 0 Å². The lowest BCUT2D eigenvalue weighted by Crippen LogP contribution is -2.40. The van der Waals surface area contributed by atoms with E-state index in [1.807, 2.05) is 34.6 Å². The smallest absolute Gasteiger partial charge is 0.425 e. The van der Waals surface area contributed by atoms with E-state index >= 15 is 0 Å². The van der Waals surface area contributed by atoms with Crippen LogP contribution in [0.4, 0.5) is 0 Å². The predicted octanol–water partition coefficient (Wildman–Crippen LogP) is 1.34. The zero-order chi connectivity index (χ0) is 13.4. The average Bonchev–Trinajstić information content (AvgIpc) is 2.15. The van der Waals surface area contributed by atoms with E-state index in [4.69, 9.17) is 8.85 Å². The molecule has 0 atom stereocenters. The molecule has 0 bridgehead atoms. The van der Waals surface area contributed by atoms with Gasteiger partial charge in [0.15, 0.2) is 0 Å². The van der Waals surface area contributed by atoms with E-state index < -0.39 is 15.3 Å². The van der Waals surface area contributed by atoms with Gasteiger partial charge in [-0.2, -0.15) is 0 Å². The van der Waals surface area contributed by atoms with Crippen molar-refractivity contribution in [3.05, 3.63) is 11.3 Å². The third-order valence-electron chi connectivity index (χ3n) is 1.76. The van der Waals surface area contributed by atoms with E-state index in [0.29, 0.717) is 6.42 Å². The van der Waals surface area contributed by atoms with Crippen LogP contribution in [0, 0.1) is 0 Å². The Labute approximate surface area is 105 Å². The molecule has 0 heterocycles. The Hall–Kier alpha value is -0.653. The van der Waals surface area contributed by atoms with Crippen LogP contribution in [0.15, 0.2) is 11.3 Å². The van der Waals surface area contributed by atoms with Crippen LogP contribution in [0.2, 0.25) is 0 Å². The molecular formula is C12H22O4Si-. The van der Waals surface area contributed by atoms with E-state index in [1.54, 1.807) is 6.08 Å². The molecular weight excluding hydrogens is 236 g/mol. The van der Waals surface area contributed by atoms with Crippen LogP contribution >= 0.6 is 0 Å². The van der Waals surface area contributed by atoms with Crippen LogP contribution in [0.1, 0.15) is 47.5 Å². The summed E-state index contributed by atoms with van der Waals surface area (Å²) in [7, 11) is -1.95. The molecule has 0 saturated heterocycles. The lowest BCUT2D eigenvalue weighted by Gasteiger charge is -2.22. The minimum Gasteiger partial charge on any atom is -0.545 e. The third kappa shape index (κ3) is 7.30. The quantitative estimate of drug-likeness (QED) is 0.487. The number of aliphatic carboxylic acids is 1. The molecule has 0 aromatic carbocycles. The molecule has 0 amide bonds. The Morgan fingerprint density at radius 1 is 1.24 bits per heavy atom. The molecule has 4 nitrogen and oxygen atoms in total. The van der Waals surface area contributed by atoms with Gasteiger partial charge in [0, 0.05) is 17.4 Å². The minimum absolute atomic E-state index is 0.0629. The first kappa shape index (κ1) is 16.3. The molecule has 0 unspecified atom stereocenters. The van der Waals surface area contributed by atoms with Crippen LogP contribution in [0.3, 0.4) is 0 Å². The maximum absolute atomic E-state index is 11.1. The van der Waals surface area contributed by atoms with Gasteiger partial charge in [-0.25, -0.2) is 0 Å². The maximum Gasteiger partial charge on any atom is 0.425 e. The number of carboxylic acids is 1. The fraction of sp³-hybridized carbons (Fsp3) is 0.750. The summed E-state index contributed by atoms with van der Waals surface area (Å²) in [5.41, 5.74) is 0. The molecule has 0 rings (SSSR count). The van der Waals surface area contributed by atoms with Gasteiger partial charge in [-0.05, 0) is 34.1 Å². The molecule has 0 fully saturated rings. The Bertz CT molecular complexity index is 251. The standard InChI is InChI=1S/C12H23O4Si/c1-6-7-8-11(12(13)14)17(15-9(2)3)16-10(4)5/h8-10H,6-7H2,1-5H3,(H,13,14)/p-1/b11-8+. The van der Waals surface area contributed by atoms with Gasteiger partial charge in [0.25, 0.3) is 0 Å². The first-order valence-corrected chi connectivity index (χ1v) is 7.32. The first-order valence-electron chi connectivity index (χ1n) is 6.00. The van der Waals surface area contributed by atoms with Crippen LogP contribution < -0.4 is 5.11 Å². The molecule has 0 aliphatic heterocycles. The van der Waals surface area contributed by atoms with Crippen molar-refractivity contribution in [2.45, 2.75) is 59.7 Å². The second kappa shape index (κ2) is 8.44. The van der Waals surface area contributed by atoms with Crippen LogP contribution in [-0.4, -0.2) is 27.5 Å². The molecule has 0 aromatic heterocycles. The van der Waals surface area contributed by atoms with Gasteiger partial charge in [-0.15, -0.1) is 0 Å². The largest absolute Gasteiger partial charge is 0.545 e. The fourth-order valence-electron chi connectivity index (χ4n) is 1.12. The van der Waals surface area contributed by atoms with Gasteiger partial charge in [0.05, 0.1) is 5.97 Å². The SMILES string of the molecule is CCC/C=C(\C(=O)[O-])[Si](OC(C)C)OC(C)C. The number of carboxylic acid groups (broad SMARTS) is 1. The van der Waals surface area contributed by atoms with E-state index in [-0.39, 0.29) is 17.4 Å². The highest BCUT2D eigenvalue weighted by Crippen LogP contribution is 2.11. The fourth-order valence-corrected chi connectivity index (χ4v) is 2.77. The molecule has 0 N–H and O–H groups in total. The topological polar surface area (TPSA) is 58.6 Å². The van der Waals surface area contributed by atoms with E-state index in [1.165, 1.54) is 0 Å². The number of rotatable bonds is 8. The summed E-state index contributed by atoms with van der Waals surface area (Å²) >= 11 is 0. The first-order chi connectivity index (χ1) is 7.88. The molecule has 0 spiro atoms. The summed E-state index contributed by atoms with van der Waals surface area (Å²) in [5, 5.41) is 11.3. The van der Waals surface area contributed by atoms with Crippen LogP contribution in [0.5, 0.6) is 0 Å². The molecule has 0 aliphatic rings. The lowest BCUT2D eigenvalue weighted by molar-refractivity contribution is -0.298. The van der Waals surface area contributed by atoms with E-state index in [9.17, 15) is 9.90 Å². The van der Waals surface area contributed by atoms with E-state index in [2.05, 4.69) is 0 Å². The summed E-state index contributed by atoms with van der Waals surface area (Å²) in [6.45, 7) is 9.44. The zero-order valence-corrected chi connectivity index (χ0v) is 12.3. The van der Waals surface area contributed by atoms with Gasteiger partial charge in [0.1, 0.15) is 0 Å². The number of carbonyl (C=O) groups is 1. The van der Waals surface area contributed by atoms with Crippen molar-refractivity contribution in [2.75, 3.05) is 0 Å². The van der Waals surface area contributed by atoms with Crippen LogP contribution in [0.25, 0.3) is 0 Å². The summed E-state index contributed by atoms with van der Waals surface area (Å²) in [6, 6.07) is 0. The van der Waals surface area contributed by atoms with E-state index in [0.717, 1.165) is 6.42 Å². The number of allylic oxidation sites excluding steroid dienone is 1. The molecule has 99 valence electrons. The van der Waals surface area contributed by atoms with Crippen LogP contribution in [-0.2, 0) is 13.6 Å². The second-order valence-electron chi connectivity index (χ2n) is 4.31. The van der Waals surface area contributed by atoms with Crippen molar-refractivity contribution < 1.29 is 18.8 Å². The maximum atomic E-state index is 11.1. The summed E-state index contributed by atoms with van der Waals surface area (Å²) < 4.78 is 11.1. The van der Waals surface area contributed by atoms with Gasteiger partial charge >= 0.3 is 9.28 Å². The highest BCUT2D eigenvalue weighted by Gasteiger charge is 2.25. The summed E-state index contributed by atoms with van der Waals surface area (Å²) in [4.78, 5) is 11.1. The van der Waals surface area contributed by atoms with Crippen molar-refractivity contribution in [3.8, 4) is 0 Å².